The maximum Gasteiger partial charge on any atom is 0.255 e. The first-order chi connectivity index (χ1) is 9.68. The first-order valence-electron chi connectivity index (χ1n) is 6.45. The fraction of sp³-hybridized carbons (Fsp3) is 0.462. The molecular formula is C13H18BrClN2O3S. The van der Waals surface area contributed by atoms with E-state index in [4.69, 9.17) is 16.7 Å². The molecule has 0 unspecified atom stereocenters. The van der Waals surface area contributed by atoms with Gasteiger partial charge in [0.15, 0.2) is 0 Å². The summed E-state index contributed by atoms with van der Waals surface area (Å²) >= 11 is 9.12. The highest BCUT2D eigenvalue weighted by molar-refractivity contribution is 9.10. The number of nitrogens with two attached hydrogens (primary N) is 1. The molecule has 0 aliphatic rings. The monoisotopic (exact) mass is 396 g/mol. The van der Waals surface area contributed by atoms with E-state index in [1.807, 2.05) is 0 Å². The van der Waals surface area contributed by atoms with E-state index < -0.39 is 10.0 Å². The van der Waals surface area contributed by atoms with E-state index in [1.165, 1.54) is 17.0 Å². The lowest BCUT2D eigenvalue weighted by Crippen LogP contribution is -2.28. The molecule has 118 valence electrons. The molecule has 0 fully saturated rings. The number of unbranched alkanes of at least 4 members (excludes halogenated alkanes) is 2. The maximum atomic E-state index is 12.3. The smallest absolute Gasteiger partial charge is 0.255 e. The van der Waals surface area contributed by atoms with Crippen molar-refractivity contribution < 1.29 is 13.2 Å². The van der Waals surface area contributed by atoms with E-state index >= 15 is 0 Å². The van der Waals surface area contributed by atoms with Crippen LogP contribution in [0.1, 0.15) is 36.5 Å². The Labute approximate surface area is 138 Å². The molecule has 0 aliphatic heterocycles. The lowest BCUT2D eigenvalue weighted by atomic mass is 10.2. The van der Waals surface area contributed by atoms with Gasteiger partial charge < -0.3 is 4.90 Å². The lowest BCUT2D eigenvalue weighted by Gasteiger charge is -2.18. The number of carbonyl (C=O) groups is 1. The summed E-state index contributed by atoms with van der Waals surface area (Å²) in [6.45, 7) is 2.66. The van der Waals surface area contributed by atoms with Crippen LogP contribution in [0.25, 0.3) is 0 Å². The van der Waals surface area contributed by atoms with Crippen molar-refractivity contribution in [1.29, 1.82) is 0 Å². The van der Waals surface area contributed by atoms with Crippen molar-refractivity contribution in [1.82, 2.24) is 4.90 Å². The molecule has 2 N–H and O–H groups in total. The third kappa shape index (κ3) is 4.95. The van der Waals surface area contributed by atoms with Crippen LogP contribution >= 0.6 is 27.5 Å². The SMILES string of the molecule is CCCCCN(C)C(=O)c1cc(S(N)(=O)=O)c(Br)cc1Cl. The molecule has 1 rings (SSSR count). The molecule has 0 radical (unpaired) electrons. The molecule has 1 amide bonds. The number of halogens is 2. The minimum atomic E-state index is -3.93. The van der Waals surface area contributed by atoms with E-state index in [0.717, 1.165) is 19.3 Å². The third-order valence-corrected chi connectivity index (χ3v) is 5.18. The van der Waals surface area contributed by atoms with Gasteiger partial charge in [0.1, 0.15) is 0 Å². The number of nitrogens with zero attached hydrogens (tertiary/aromatic N) is 1. The van der Waals surface area contributed by atoms with Crippen LogP contribution in [0.2, 0.25) is 5.02 Å². The molecule has 1 aromatic rings. The van der Waals surface area contributed by atoms with Crippen molar-refractivity contribution in [2.24, 2.45) is 5.14 Å². The van der Waals surface area contributed by atoms with Crippen LogP contribution in [-0.2, 0) is 10.0 Å². The fourth-order valence-electron chi connectivity index (χ4n) is 1.82. The highest BCUT2D eigenvalue weighted by Gasteiger charge is 2.21. The quantitative estimate of drug-likeness (QED) is 0.749. The summed E-state index contributed by atoms with van der Waals surface area (Å²) in [5, 5.41) is 5.31. The maximum absolute atomic E-state index is 12.3. The molecule has 5 nitrogen and oxygen atoms in total. The predicted octanol–water partition coefficient (Wildman–Crippen LogP) is 3.01. The fourth-order valence-corrected chi connectivity index (χ4v) is 3.83. The van der Waals surface area contributed by atoms with Gasteiger partial charge in [0.05, 0.1) is 15.5 Å². The minimum absolute atomic E-state index is 0.128. The van der Waals surface area contributed by atoms with Crippen molar-refractivity contribution in [3.05, 3.63) is 27.2 Å². The average Bonchev–Trinajstić information content (AvgIpc) is 2.36. The molecule has 1 aromatic carbocycles. The third-order valence-electron chi connectivity index (χ3n) is 3.00. The van der Waals surface area contributed by atoms with Gasteiger partial charge in [-0.15, -0.1) is 0 Å². The van der Waals surface area contributed by atoms with Gasteiger partial charge in [-0.1, -0.05) is 31.4 Å². The topological polar surface area (TPSA) is 80.5 Å². The second-order valence-electron chi connectivity index (χ2n) is 4.74. The van der Waals surface area contributed by atoms with Crippen molar-refractivity contribution in [3.8, 4) is 0 Å². The Kier molecular flexibility index (Phi) is 6.65. The van der Waals surface area contributed by atoms with E-state index in [0.29, 0.717) is 6.54 Å². The zero-order valence-electron chi connectivity index (χ0n) is 11.9. The molecule has 0 bridgehead atoms. The van der Waals surface area contributed by atoms with Crippen LogP contribution in [0, 0.1) is 0 Å². The molecule has 0 aliphatic carbocycles. The summed E-state index contributed by atoms with van der Waals surface area (Å²) in [5.74, 6) is -0.325. The van der Waals surface area contributed by atoms with E-state index in [2.05, 4.69) is 22.9 Å². The van der Waals surface area contributed by atoms with Crippen LogP contribution in [0.4, 0.5) is 0 Å². The van der Waals surface area contributed by atoms with Gasteiger partial charge in [0, 0.05) is 18.1 Å². The first-order valence-corrected chi connectivity index (χ1v) is 9.17. The van der Waals surface area contributed by atoms with Crippen molar-refractivity contribution >= 4 is 43.5 Å². The van der Waals surface area contributed by atoms with E-state index in [9.17, 15) is 13.2 Å². The zero-order valence-corrected chi connectivity index (χ0v) is 15.1. The molecule has 0 saturated carbocycles. The van der Waals surface area contributed by atoms with Gasteiger partial charge in [0.25, 0.3) is 5.91 Å². The lowest BCUT2D eigenvalue weighted by molar-refractivity contribution is 0.0792. The summed E-state index contributed by atoms with van der Waals surface area (Å²) in [4.78, 5) is 13.7. The Balaban J connectivity index is 3.10. The van der Waals surface area contributed by atoms with Crippen molar-refractivity contribution in [2.75, 3.05) is 13.6 Å². The number of rotatable bonds is 6. The largest absolute Gasteiger partial charge is 0.342 e. The van der Waals surface area contributed by atoms with Gasteiger partial charge >= 0.3 is 0 Å². The Hall–Kier alpha value is -0.630. The summed E-state index contributed by atoms with van der Waals surface area (Å²) in [5.41, 5.74) is 0.128. The summed E-state index contributed by atoms with van der Waals surface area (Å²) in [6, 6.07) is 2.58. The van der Waals surface area contributed by atoms with Gasteiger partial charge in [-0.2, -0.15) is 0 Å². The summed E-state index contributed by atoms with van der Waals surface area (Å²) < 4.78 is 23.2. The van der Waals surface area contributed by atoms with Gasteiger partial charge in [-0.3, -0.25) is 4.79 Å². The highest BCUT2D eigenvalue weighted by atomic mass is 79.9. The molecule has 0 aromatic heterocycles. The number of sulfonamides is 1. The Morgan fingerprint density at radius 1 is 1.38 bits per heavy atom. The number of hydrogen-bond donors (Lipinski definition) is 1. The van der Waals surface area contributed by atoms with Crippen LogP contribution in [-0.4, -0.2) is 32.8 Å². The van der Waals surface area contributed by atoms with Crippen molar-refractivity contribution in [3.63, 3.8) is 0 Å². The highest BCUT2D eigenvalue weighted by Crippen LogP contribution is 2.29. The summed E-state index contributed by atoms with van der Waals surface area (Å²) in [7, 11) is -2.27. The Bertz CT molecular complexity index is 635. The minimum Gasteiger partial charge on any atom is -0.342 e. The van der Waals surface area contributed by atoms with E-state index in [-0.39, 0.29) is 25.9 Å². The van der Waals surface area contributed by atoms with Crippen molar-refractivity contribution in [2.45, 2.75) is 31.1 Å². The van der Waals surface area contributed by atoms with Gasteiger partial charge in [-0.05, 0) is 34.5 Å². The van der Waals surface area contributed by atoms with Crippen LogP contribution < -0.4 is 5.14 Å². The number of amides is 1. The Morgan fingerprint density at radius 2 is 2.00 bits per heavy atom. The van der Waals surface area contributed by atoms with Crippen LogP contribution in [0.5, 0.6) is 0 Å². The Morgan fingerprint density at radius 3 is 2.52 bits per heavy atom. The van der Waals surface area contributed by atoms with E-state index in [1.54, 1.807) is 7.05 Å². The standard InChI is InChI=1S/C13H18BrClN2O3S/c1-3-4-5-6-17(2)13(18)9-7-12(21(16,19)20)10(14)8-11(9)15/h7-8H,3-6H2,1-2H3,(H2,16,19,20). The second kappa shape index (κ2) is 7.58. The summed E-state index contributed by atoms with van der Waals surface area (Å²) in [6.07, 6.45) is 2.96. The molecular weight excluding hydrogens is 380 g/mol. The molecule has 0 saturated heterocycles. The number of benzene rings is 1. The molecule has 8 heteroatoms. The molecule has 0 atom stereocenters. The normalized spacial score (nSPS) is 11.5. The van der Waals surface area contributed by atoms with Crippen LogP contribution in [0.3, 0.4) is 0 Å². The second-order valence-corrected chi connectivity index (χ2v) is 7.53. The van der Waals surface area contributed by atoms with Crippen LogP contribution in [0.15, 0.2) is 21.5 Å². The first kappa shape index (κ1) is 18.4. The number of primary sulfonamides is 1. The van der Waals surface area contributed by atoms with Gasteiger partial charge in [0.2, 0.25) is 10.0 Å². The predicted molar refractivity (Wildman–Crippen MR) is 87.0 cm³/mol. The molecule has 0 spiro atoms. The zero-order chi connectivity index (χ0) is 16.2. The number of carbonyl (C=O) groups excluding carboxylic acids is 1. The van der Waals surface area contributed by atoms with Gasteiger partial charge in [-0.25, -0.2) is 13.6 Å². The molecule has 21 heavy (non-hydrogen) atoms. The number of hydrogen-bond acceptors (Lipinski definition) is 3. The average molecular weight is 398 g/mol. The molecule has 0 heterocycles.